The van der Waals surface area contributed by atoms with Gasteiger partial charge in [0.05, 0.1) is 38.1 Å². The third-order valence-corrected chi connectivity index (χ3v) is 10.7. The standard InChI is InChI=1S/C38H54N12O14/c1-18(2)30(48-34(59)27-6-4-8-50(27)36(61)23(9-19-13-40-16-42-19)45-31(56)21(39)11-28(52)53)35(60)46-24(10-20-14-41-17-43-20)37(62)49-7-3-5-26(49)33(58)44-22(12-29(54)55)32(57)47-25(15-51)38(63)64/h13-14,16-18,21-27,30,51H,3-12,15,39H2,1-2H3,(H,40,42)(H,41,43)(H,44,58)(H,45,56)(H,46,60)(H,47,57)(H,48,59)(H,52,53)(H,54,55)(H,63,64)/t21-,22-,23-,24-,25-,26-,27-,30-/m0/s1. The first-order chi connectivity index (χ1) is 30.3. The normalized spacial score (nSPS) is 18.8. The molecule has 13 N–H and O–H groups in total. The fraction of sp³-hybridized carbons (Fsp3) is 0.579. The van der Waals surface area contributed by atoms with E-state index >= 15 is 0 Å². The molecule has 0 spiro atoms. The van der Waals surface area contributed by atoms with Crippen molar-refractivity contribution in [2.45, 2.75) is 114 Å². The average molecular weight is 903 g/mol. The number of hydrogen-bond donors (Lipinski definition) is 12. The van der Waals surface area contributed by atoms with Crippen molar-refractivity contribution in [1.29, 1.82) is 0 Å². The number of carbonyl (C=O) groups is 10. The molecule has 0 aromatic carbocycles. The van der Waals surface area contributed by atoms with Gasteiger partial charge in [-0.1, -0.05) is 13.8 Å². The summed E-state index contributed by atoms with van der Waals surface area (Å²) in [7, 11) is 0. The number of aromatic nitrogens is 4. The minimum atomic E-state index is -1.79. The first-order valence-corrected chi connectivity index (χ1v) is 20.4. The van der Waals surface area contributed by atoms with Gasteiger partial charge in [0, 0.05) is 49.7 Å². The van der Waals surface area contributed by atoms with E-state index in [-0.39, 0.29) is 38.8 Å². The smallest absolute Gasteiger partial charge is 0.328 e. The minimum Gasteiger partial charge on any atom is -0.481 e. The lowest BCUT2D eigenvalue weighted by atomic mass is 10.0. The summed E-state index contributed by atoms with van der Waals surface area (Å²) in [5.41, 5.74) is 6.60. The maximum atomic E-state index is 14.3. The van der Waals surface area contributed by atoms with Crippen molar-refractivity contribution in [2.75, 3.05) is 19.7 Å². The second kappa shape index (κ2) is 22.9. The van der Waals surface area contributed by atoms with Crippen molar-refractivity contribution in [3.63, 3.8) is 0 Å². The number of amides is 7. The van der Waals surface area contributed by atoms with E-state index in [1.807, 2.05) is 5.32 Å². The fourth-order valence-corrected chi connectivity index (χ4v) is 7.35. The van der Waals surface area contributed by atoms with Gasteiger partial charge in [-0.3, -0.25) is 43.2 Å². The van der Waals surface area contributed by atoms with Crippen LogP contribution in [0.1, 0.15) is 63.8 Å². The highest BCUT2D eigenvalue weighted by Crippen LogP contribution is 2.22. The van der Waals surface area contributed by atoms with Crippen LogP contribution in [0.3, 0.4) is 0 Å². The van der Waals surface area contributed by atoms with Gasteiger partial charge >= 0.3 is 17.9 Å². The van der Waals surface area contributed by atoms with Gasteiger partial charge in [0.2, 0.25) is 41.4 Å². The number of H-pyrrole nitrogens is 2. The van der Waals surface area contributed by atoms with Crippen LogP contribution in [0.25, 0.3) is 0 Å². The van der Waals surface area contributed by atoms with E-state index in [1.165, 1.54) is 29.9 Å². The van der Waals surface area contributed by atoms with E-state index in [2.05, 4.69) is 41.2 Å². The minimum absolute atomic E-state index is 0.0108. The second-order valence-corrected chi connectivity index (χ2v) is 15.7. The number of aliphatic hydroxyl groups is 1. The molecule has 0 aliphatic carbocycles. The summed E-state index contributed by atoms with van der Waals surface area (Å²) in [4.78, 5) is 146. The van der Waals surface area contributed by atoms with Gasteiger partial charge in [0.15, 0.2) is 0 Å². The number of carbonyl (C=O) groups excluding carboxylic acids is 7. The Morgan fingerprint density at radius 2 is 1.14 bits per heavy atom. The van der Waals surface area contributed by atoms with Crippen molar-refractivity contribution in [3.05, 3.63) is 36.4 Å². The Morgan fingerprint density at radius 3 is 1.56 bits per heavy atom. The SMILES string of the molecule is CC(C)[C@H](NC(=O)[C@@H]1CCCN1C(=O)[C@H](Cc1cnc[nH]1)NC(=O)[C@@H](N)CC(=O)O)C(=O)N[C@@H](Cc1cnc[nH]1)C(=O)N1CCC[C@H]1C(=O)N[C@@H](CC(=O)O)C(=O)N[C@@H](CO)C(=O)O. The zero-order valence-electron chi connectivity index (χ0n) is 35.0. The molecule has 0 saturated carbocycles. The van der Waals surface area contributed by atoms with Crippen LogP contribution in [0.4, 0.5) is 0 Å². The Balaban J connectivity index is 1.51. The van der Waals surface area contributed by atoms with E-state index in [0.717, 1.165) is 4.90 Å². The molecule has 2 aliphatic rings. The first-order valence-electron chi connectivity index (χ1n) is 20.4. The van der Waals surface area contributed by atoms with Crippen molar-refractivity contribution < 1.29 is 68.4 Å². The number of nitrogens with zero attached hydrogens (tertiary/aromatic N) is 4. The zero-order valence-corrected chi connectivity index (χ0v) is 35.0. The maximum absolute atomic E-state index is 14.3. The summed E-state index contributed by atoms with van der Waals surface area (Å²) in [5.74, 6) is -11.0. The van der Waals surface area contributed by atoms with Crippen LogP contribution in [0.2, 0.25) is 0 Å². The molecule has 7 amide bonds. The third-order valence-electron chi connectivity index (χ3n) is 10.7. The Kier molecular flexibility index (Phi) is 17.8. The van der Waals surface area contributed by atoms with Gasteiger partial charge in [-0.25, -0.2) is 14.8 Å². The summed E-state index contributed by atoms with van der Waals surface area (Å²) in [6, 6.07) is -11.4. The quantitative estimate of drug-likeness (QED) is 0.0499. The number of aliphatic hydroxyl groups excluding tert-OH is 1. The summed E-state index contributed by atoms with van der Waals surface area (Å²) in [6.07, 6.45) is 4.51. The predicted octanol–water partition coefficient (Wildman–Crippen LogP) is -4.67. The van der Waals surface area contributed by atoms with Crippen molar-refractivity contribution in [1.82, 2.24) is 56.3 Å². The molecule has 4 rings (SSSR count). The predicted molar refractivity (Wildman–Crippen MR) is 216 cm³/mol. The van der Waals surface area contributed by atoms with Crippen LogP contribution in [-0.4, -0.2) is 177 Å². The lowest BCUT2D eigenvalue weighted by Gasteiger charge is -2.32. The monoisotopic (exact) mass is 902 g/mol. The molecule has 0 bridgehead atoms. The topological polar surface area (TPSA) is 402 Å². The molecule has 0 unspecified atom stereocenters. The van der Waals surface area contributed by atoms with Crippen LogP contribution in [0.15, 0.2) is 25.0 Å². The number of aromatic amines is 2. The molecule has 26 nitrogen and oxygen atoms in total. The highest BCUT2D eigenvalue weighted by Gasteiger charge is 2.43. The molecule has 2 aliphatic heterocycles. The summed E-state index contributed by atoms with van der Waals surface area (Å²) >= 11 is 0. The first kappa shape index (κ1) is 49.7. The summed E-state index contributed by atoms with van der Waals surface area (Å²) in [6.45, 7) is 2.36. The van der Waals surface area contributed by atoms with Gasteiger partial charge in [-0.2, -0.15) is 0 Å². The van der Waals surface area contributed by atoms with Crippen LogP contribution in [0.5, 0.6) is 0 Å². The van der Waals surface area contributed by atoms with E-state index in [1.54, 1.807) is 13.8 Å². The number of nitrogens with two attached hydrogens (primary N) is 1. The van der Waals surface area contributed by atoms with Crippen molar-refractivity contribution >= 4 is 59.3 Å². The third kappa shape index (κ3) is 13.5. The Bertz CT molecular complexity index is 2010. The van der Waals surface area contributed by atoms with Crippen LogP contribution >= 0.6 is 0 Å². The Morgan fingerprint density at radius 1 is 0.672 bits per heavy atom. The summed E-state index contributed by atoms with van der Waals surface area (Å²) < 4.78 is 0. The molecular formula is C38H54N12O14. The van der Waals surface area contributed by atoms with Crippen LogP contribution < -0.4 is 32.3 Å². The van der Waals surface area contributed by atoms with Crippen LogP contribution in [-0.2, 0) is 60.8 Å². The molecule has 4 heterocycles. The molecule has 64 heavy (non-hydrogen) atoms. The zero-order chi connectivity index (χ0) is 47.2. The molecule has 2 aromatic heterocycles. The Hall–Kier alpha value is -6.96. The molecule has 0 radical (unpaired) electrons. The highest BCUT2D eigenvalue weighted by atomic mass is 16.4. The van der Waals surface area contributed by atoms with E-state index in [0.29, 0.717) is 24.2 Å². The number of carboxylic acids is 3. The molecular weight excluding hydrogens is 848 g/mol. The van der Waals surface area contributed by atoms with Gasteiger partial charge in [0.1, 0.15) is 42.3 Å². The molecule has 8 atom stereocenters. The number of aliphatic carboxylic acids is 3. The highest BCUT2D eigenvalue weighted by molar-refractivity contribution is 5.99. The van der Waals surface area contributed by atoms with Gasteiger partial charge in [-0.15, -0.1) is 0 Å². The van der Waals surface area contributed by atoms with E-state index in [4.69, 9.17) is 10.8 Å². The van der Waals surface area contributed by atoms with Crippen molar-refractivity contribution in [2.24, 2.45) is 11.7 Å². The summed E-state index contributed by atoms with van der Waals surface area (Å²) in [5, 5.41) is 49.2. The number of rotatable bonds is 23. The number of likely N-dealkylation sites (tertiary alicyclic amines) is 2. The van der Waals surface area contributed by atoms with Gasteiger partial charge < -0.3 is 72.5 Å². The molecule has 350 valence electrons. The maximum Gasteiger partial charge on any atom is 0.328 e. The largest absolute Gasteiger partial charge is 0.481 e. The average Bonchev–Trinajstić information content (AvgIpc) is 4.08. The van der Waals surface area contributed by atoms with E-state index in [9.17, 15) is 63.3 Å². The number of hydrogen-bond acceptors (Lipinski definition) is 14. The van der Waals surface area contributed by atoms with E-state index < -0.39 is 133 Å². The van der Waals surface area contributed by atoms with Crippen molar-refractivity contribution in [3.8, 4) is 0 Å². The van der Waals surface area contributed by atoms with Crippen LogP contribution in [0, 0.1) is 5.92 Å². The molecule has 26 heteroatoms. The number of imidazole rings is 2. The Labute approximate surface area is 364 Å². The fourth-order valence-electron chi connectivity index (χ4n) is 7.35. The van der Waals surface area contributed by atoms with Gasteiger partial charge in [0.25, 0.3) is 0 Å². The molecule has 2 fully saturated rings. The number of carboxylic acid groups (broad SMARTS) is 3. The number of nitrogens with one attached hydrogen (secondary N) is 7. The molecule has 2 aromatic rings. The lowest BCUT2D eigenvalue weighted by molar-refractivity contribution is -0.145. The van der Waals surface area contributed by atoms with Gasteiger partial charge in [-0.05, 0) is 31.6 Å². The second-order valence-electron chi connectivity index (χ2n) is 15.7. The molecule has 2 saturated heterocycles. The lowest BCUT2D eigenvalue weighted by Crippen LogP contribution is -2.61.